The van der Waals surface area contributed by atoms with Crippen LogP contribution in [0.2, 0.25) is 0 Å². The molecule has 6 nitrogen and oxygen atoms in total. The summed E-state index contributed by atoms with van der Waals surface area (Å²) in [6.07, 6.45) is 1.63. The van der Waals surface area contributed by atoms with Crippen LogP contribution in [0.4, 0.5) is 5.69 Å². The van der Waals surface area contributed by atoms with Crippen molar-refractivity contribution in [1.82, 2.24) is 4.90 Å². The van der Waals surface area contributed by atoms with Gasteiger partial charge in [-0.05, 0) is 37.1 Å². The van der Waals surface area contributed by atoms with Crippen LogP contribution in [0.1, 0.15) is 29.0 Å². The number of methoxy groups -OCH3 is 1. The Kier molecular flexibility index (Phi) is 4.90. The quantitative estimate of drug-likeness (QED) is 0.745. The number of nitriles is 1. The Morgan fingerprint density at radius 1 is 1.21 bits per heavy atom. The third kappa shape index (κ3) is 3.39. The summed E-state index contributed by atoms with van der Waals surface area (Å²) in [5.74, 6) is 0.852. The van der Waals surface area contributed by atoms with E-state index < -0.39 is 0 Å². The highest BCUT2D eigenvalue weighted by Crippen LogP contribution is 2.29. The average Bonchev–Trinajstić information content (AvgIpc) is 3.18. The third-order valence-corrected chi connectivity index (χ3v) is 5.13. The molecule has 0 unspecified atom stereocenters. The number of fused-ring (bicyclic) bond motifs is 1. The third-order valence-electron chi connectivity index (χ3n) is 5.13. The van der Waals surface area contributed by atoms with E-state index in [0.29, 0.717) is 35.7 Å². The Morgan fingerprint density at radius 3 is 2.75 bits per heavy atom. The standard InChI is InChI=1S/C22H21N3O3/c1-27-19-8-4-6-15-13-20(28-21(15)19)22(26)25-11-9-17(10-12-25)24-18-7-3-2-5-16(18)14-23/h2-8,13,17,24H,9-12H2,1H3. The van der Waals surface area contributed by atoms with Crippen molar-refractivity contribution in [1.29, 1.82) is 5.26 Å². The van der Waals surface area contributed by atoms with Crippen LogP contribution in [0.3, 0.4) is 0 Å². The molecule has 1 fully saturated rings. The van der Waals surface area contributed by atoms with Crippen LogP contribution < -0.4 is 10.1 Å². The fourth-order valence-electron chi connectivity index (χ4n) is 3.61. The van der Waals surface area contributed by atoms with Crippen molar-refractivity contribution in [2.24, 2.45) is 0 Å². The van der Waals surface area contributed by atoms with Gasteiger partial charge in [-0.1, -0.05) is 24.3 Å². The van der Waals surface area contributed by atoms with Crippen LogP contribution in [0.5, 0.6) is 5.75 Å². The maximum absolute atomic E-state index is 12.9. The smallest absolute Gasteiger partial charge is 0.289 e. The number of ether oxygens (including phenoxy) is 1. The van der Waals surface area contributed by atoms with Crippen molar-refractivity contribution in [3.63, 3.8) is 0 Å². The molecule has 1 saturated heterocycles. The van der Waals surface area contributed by atoms with Crippen LogP contribution >= 0.6 is 0 Å². The van der Waals surface area contributed by atoms with Crippen molar-refractivity contribution in [3.8, 4) is 11.8 Å². The average molecular weight is 375 g/mol. The van der Waals surface area contributed by atoms with E-state index in [2.05, 4.69) is 11.4 Å². The summed E-state index contributed by atoms with van der Waals surface area (Å²) in [5.41, 5.74) is 2.08. The van der Waals surface area contributed by atoms with Crippen molar-refractivity contribution in [2.45, 2.75) is 18.9 Å². The zero-order valence-corrected chi connectivity index (χ0v) is 15.6. The van der Waals surface area contributed by atoms with Crippen molar-refractivity contribution >= 4 is 22.6 Å². The summed E-state index contributed by atoms with van der Waals surface area (Å²) in [4.78, 5) is 14.7. The number of hydrogen-bond acceptors (Lipinski definition) is 5. The summed E-state index contributed by atoms with van der Waals surface area (Å²) in [6.45, 7) is 1.28. The monoisotopic (exact) mass is 375 g/mol. The minimum absolute atomic E-state index is 0.103. The second-order valence-corrected chi connectivity index (χ2v) is 6.86. The normalized spacial score (nSPS) is 14.6. The largest absolute Gasteiger partial charge is 0.493 e. The zero-order chi connectivity index (χ0) is 19.5. The van der Waals surface area contributed by atoms with Crippen LogP contribution in [-0.2, 0) is 0 Å². The molecule has 0 saturated carbocycles. The molecule has 1 aliphatic heterocycles. The van der Waals surface area contributed by atoms with E-state index in [1.807, 2.05) is 41.3 Å². The highest BCUT2D eigenvalue weighted by Gasteiger charge is 2.26. The maximum Gasteiger partial charge on any atom is 0.289 e. The minimum atomic E-state index is -0.103. The van der Waals surface area contributed by atoms with Gasteiger partial charge >= 0.3 is 0 Å². The number of anilines is 1. The van der Waals surface area contributed by atoms with Gasteiger partial charge in [-0.15, -0.1) is 0 Å². The molecule has 3 aromatic rings. The number of piperidine rings is 1. The van der Waals surface area contributed by atoms with Gasteiger partial charge in [-0.2, -0.15) is 5.26 Å². The molecule has 2 aromatic carbocycles. The Balaban J connectivity index is 1.42. The summed E-state index contributed by atoms with van der Waals surface area (Å²) in [7, 11) is 1.58. The molecule has 0 aliphatic carbocycles. The van der Waals surface area contributed by atoms with Gasteiger partial charge in [-0.25, -0.2) is 0 Å². The second-order valence-electron chi connectivity index (χ2n) is 6.86. The minimum Gasteiger partial charge on any atom is -0.493 e. The lowest BCUT2D eigenvalue weighted by atomic mass is 10.0. The first kappa shape index (κ1) is 17.9. The van der Waals surface area contributed by atoms with E-state index in [1.165, 1.54) is 0 Å². The van der Waals surface area contributed by atoms with Gasteiger partial charge < -0.3 is 19.4 Å². The van der Waals surface area contributed by atoms with Crippen LogP contribution in [0.15, 0.2) is 52.9 Å². The fourth-order valence-corrected chi connectivity index (χ4v) is 3.61. The number of nitrogens with zero attached hydrogens (tertiary/aromatic N) is 2. The number of amides is 1. The lowest BCUT2D eigenvalue weighted by Gasteiger charge is -2.32. The van der Waals surface area contributed by atoms with E-state index >= 15 is 0 Å². The molecular weight excluding hydrogens is 354 g/mol. The molecule has 1 aromatic heterocycles. The Labute approximate surface area is 163 Å². The zero-order valence-electron chi connectivity index (χ0n) is 15.6. The lowest BCUT2D eigenvalue weighted by Crippen LogP contribution is -2.42. The number of carbonyl (C=O) groups excluding carboxylic acids is 1. The molecule has 1 amide bonds. The van der Waals surface area contributed by atoms with Gasteiger partial charge in [0.15, 0.2) is 17.1 Å². The number of furan rings is 1. The number of nitrogens with one attached hydrogen (secondary N) is 1. The topological polar surface area (TPSA) is 78.5 Å². The molecule has 1 aliphatic rings. The van der Waals surface area contributed by atoms with E-state index in [0.717, 1.165) is 23.9 Å². The predicted molar refractivity (Wildman–Crippen MR) is 106 cm³/mol. The molecule has 142 valence electrons. The predicted octanol–water partition coefficient (Wildman–Crippen LogP) is 4.03. The van der Waals surface area contributed by atoms with E-state index in [-0.39, 0.29) is 11.9 Å². The van der Waals surface area contributed by atoms with Gasteiger partial charge in [0, 0.05) is 24.5 Å². The Hall–Kier alpha value is -3.46. The molecular formula is C22H21N3O3. The summed E-state index contributed by atoms with van der Waals surface area (Å²) in [6, 6.07) is 17.3. The number of carbonyl (C=O) groups is 1. The molecule has 0 radical (unpaired) electrons. The molecule has 0 spiro atoms. The van der Waals surface area contributed by atoms with Crippen molar-refractivity contribution < 1.29 is 13.9 Å². The first-order chi connectivity index (χ1) is 13.7. The van der Waals surface area contributed by atoms with Gasteiger partial charge in [0.05, 0.1) is 18.4 Å². The van der Waals surface area contributed by atoms with E-state index in [1.54, 1.807) is 19.2 Å². The molecule has 4 rings (SSSR count). The summed E-state index contributed by atoms with van der Waals surface area (Å²) in [5, 5.41) is 13.5. The van der Waals surface area contributed by atoms with Crippen LogP contribution in [-0.4, -0.2) is 37.0 Å². The number of benzene rings is 2. The molecule has 6 heteroatoms. The Bertz CT molecular complexity index is 1040. The fraction of sp³-hybridized carbons (Fsp3) is 0.273. The van der Waals surface area contributed by atoms with E-state index in [4.69, 9.17) is 9.15 Å². The number of rotatable bonds is 4. The SMILES string of the molecule is COc1cccc2cc(C(=O)N3CCC(Nc4ccccc4C#N)CC3)oc12. The van der Waals surface area contributed by atoms with Gasteiger partial charge in [0.1, 0.15) is 6.07 Å². The molecule has 1 N–H and O–H groups in total. The van der Waals surface area contributed by atoms with Gasteiger partial charge in [-0.3, -0.25) is 4.79 Å². The van der Waals surface area contributed by atoms with E-state index in [9.17, 15) is 10.1 Å². The van der Waals surface area contributed by atoms with Gasteiger partial charge in [0.2, 0.25) is 0 Å². The lowest BCUT2D eigenvalue weighted by molar-refractivity contribution is 0.0688. The van der Waals surface area contributed by atoms with Crippen molar-refractivity contribution in [2.75, 3.05) is 25.5 Å². The first-order valence-corrected chi connectivity index (χ1v) is 9.31. The highest BCUT2D eigenvalue weighted by atomic mass is 16.5. The van der Waals surface area contributed by atoms with Gasteiger partial charge in [0.25, 0.3) is 5.91 Å². The maximum atomic E-state index is 12.9. The molecule has 0 atom stereocenters. The molecule has 0 bridgehead atoms. The molecule has 28 heavy (non-hydrogen) atoms. The summed E-state index contributed by atoms with van der Waals surface area (Å²) >= 11 is 0. The van der Waals surface area contributed by atoms with Crippen molar-refractivity contribution in [3.05, 3.63) is 59.9 Å². The van der Waals surface area contributed by atoms with Crippen LogP contribution in [0, 0.1) is 11.3 Å². The second kappa shape index (κ2) is 7.65. The number of likely N-dealkylation sites (tertiary alicyclic amines) is 1. The highest BCUT2D eigenvalue weighted by molar-refractivity contribution is 5.97. The summed E-state index contributed by atoms with van der Waals surface area (Å²) < 4.78 is 11.1. The number of hydrogen-bond donors (Lipinski definition) is 1. The Morgan fingerprint density at radius 2 is 2.00 bits per heavy atom. The molecule has 2 heterocycles. The number of para-hydroxylation sites is 2. The first-order valence-electron chi connectivity index (χ1n) is 9.31. The van der Waals surface area contributed by atoms with Crippen LogP contribution in [0.25, 0.3) is 11.0 Å².